The van der Waals surface area contributed by atoms with E-state index in [9.17, 15) is 23.3 Å². The molecular weight excluding hydrogens is 472 g/mol. The van der Waals surface area contributed by atoms with Crippen LogP contribution >= 0.6 is 0 Å². The van der Waals surface area contributed by atoms with Crippen LogP contribution in [0.25, 0.3) is 0 Å². The maximum atomic E-state index is 13.4. The van der Waals surface area contributed by atoms with Crippen LogP contribution in [0.15, 0.2) is 82.8 Å². The lowest BCUT2D eigenvalue weighted by molar-refractivity contribution is -0.384. The molecule has 0 aliphatic carbocycles. The first-order valence-corrected chi connectivity index (χ1v) is 11.9. The highest BCUT2D eigenvalue weighted by atomic mass is 32.2. The van der Waals surface area contributed by atoms with Gasteiger partial charge in [0.2, 0.25) is 10.0 Å². The van der Waals surface area contributed by atoms with Crippen molar-refractivity contribution in [3.63, 3.8) is 0 Å². The van der Waals surface area contributed by atoms with Crippen molar-refractivity contribution >= 4 is 27.8 Å². The van der Waals surface area contributed by atoms with Crippen LogP contribution in [0, 0.1) is 17.0 Å². The summed E-state index contributed by atoms with van der Waals surface area (Å²) >= 11 is 0. The fourth-order valence-electron chi connectivity index (χ4n) is 3.23. The van der Waals surface area contributed by atoms with Gasteiger partial charge in [0.1, 0.15) is 5.75 Å². The third kappa shape index (κ3) is 6.71. The number of nitro groups is 1. The van der Waals surface area contributed by atoms with E-state index in [-0.39, 0.29) is 17.1 Å². The van der Waals surface area contributed by atoms with E-state index in [0.29, 0.717) is 22.4 Å². The van der Waals surface area contributed by atoms with Crippen molar-refractivity contribution in [2.75, 3.05) is 13.7 Å². The summed E-state index contributed by atoms with van der Waals surface area (Å²) in [6.45, 7) is 1.24. The van der Waals surface area contributed by atoms with Gasteiger partial charge in [-0.05, 0) is 53.9 Å². The van der Waals surface area contributed by atoms with Gasteiger partial charge in [-0.3, -0.25) is 14.9 Å². The number of hydrogen-bond donors (Lipinski definition) is 1. The number of ether oxygens (including phenoxy) is 1. The first-order valence-electron chi connectivity index (χ1n) is 10.5. The van der Waals surface area contributed by atoms with Crippen molar-refractivity contribution in [1.82, 2.24) is 9.73 Å². The van der Waals surface area contributed by atoms with Crippen molar-refractivity contribution in [3.05, 3.63) is 99.6 Å². The van der Waals surface area contributed by atoms with Crippen molar-refractivity contribution in [3.8, 4) is 5.75 Å². The molecule has 0 bridgehead atoms. The van der Waals surface area contributed by atoms with Crippen LogP contribution in [-0.2, 0) is 21.4 Å². The number of benzene rings is 3. The Morgan fingerprint density at radius 2 is 1.80 bits per heavy atom. The third-order valence-corrected chi connectivity index (χ3v) is 6.82. The normalized spacial score (nSPS) is 11.5. The standard InChI is InChI=1S/C24H24N4O6S/c1-18-14-22(12-13-23(18)34-2)35(32,33)27(16-20-6-4-3-5-7-20)17-24(29)26-25-15-19-8-10-21(11-9-19)28(30)31/h3-15H,16-17H2,1-2H3,(H,26,29). The number of nitro benzene ring substituents is 1. The van der Waals surface area contributed by atoms with Crippen LogP contribution in [0.2, 0.25) is 0 Å². The second-order valence-electron chi connectivity index (χ2n) is 7.53. The average Bonchev–Trinajstić information content (AvgIpc) is 2.84. The van der Waals surface area contributed by atoms with Crippen molar-refractivity contribution < 1.29 is 22.9 Å². The molecule has 0 fully saturated rings. The van der Waals surface area contributed by atoms with Crippen LogP contribution in [0.1, 0.15) is 16.7 Å². The lowest BCUT2D eigenvalue weighted by Gasteiger charge is -2.22. The number of nitrogens with zero attached hydrogens (tertiary/aromatic N) is 3. The van der Waals surface area contributed by atoms with Crippen molar-refractivity contribution in [1.29, 1.82) is 0 Å². The lowest BCUT2D eigenvalue weighted by atomic mass is 10.2. The maximum absolute atomic E-state index is 13.4. The number of hydrazone groups is 1. The van der Waals surface area contributed by atoms with Crippen LogP contribution < -0.4 is 10.2 Å². The molecule has 0 aliphatic heterocycles. The molecule has 1 amide bonds. The Bertz CT molecular complexity index is 1330. The molecular formula is C24H24N4O6S. The van der Waals surface area contributed by atoms with E-state index in [4.69, 9.17) is 4.74 Å². The molecule has 3 aromatic carbocycles. The average molecular weight is 497 g/mol. The second kappa shape index (κ2) is 11.4. The molecule has 0 heterocycles. The Labute approximate surface area is 203 Å². The van der Waals surface area contributed by atoms with E-state index in [0.717, 1.165) is 4.31 Å². The van der Waals surface area contributed by atoms with Crippen LogP contribution in [-0.4, -0.2) is 43.4 Å². The Balaban J connectivity index is 1.78. The van der Waals surface area contributed by atoms with Crippen molar-refractivity contribution in [2.45, 2.75) is 18.4 Å². The molecule has 0 unspecified atom stereocenters. The minimum atomic E-state index is -4.03. The SMILES string of the molecule is COc1ccc(S(=O)(=O)N(CC(=O)NN=Cc2ccc([N+](=O)[O-])cc2)Cc2ccccc2)cc1C. The zero-order valence-electron chi connectivity index (χ0n) is 19.1. The highest BCUT2D eigenvalue weighted by Gasteiger charge is 2.27. The van der Waals surface area contributed by atoms with Crippen LogP contribution in [0.4, 0.5) is 5.69 Å². The Hall–Kier alpha value is -4.09. The predicted molar refractivity (Wildman–Crippen MR) is 131 cm³/mol. The van der Waals surface area contributed by atoms with E-state index in [1.54, 1.807) is 37.3 Å². The van der Waals surface area contributed by atoms with Gasteiger partial charge >= 0.3 is 0 Å². The molecule has 0 saturated carbocycles. The van der Waals surface area contributed by atoms with E-state index < -0.39 is 27.4 Å². The second-order valence-corrected chi connectivity index (χ2v) is 9.47. The van der Waals surface area contributed by atoms with E-state index in [1.165, 1.54) is 49.7 Å². The maximum Gasteiger partial charge on any atom is 0.269 e. The number of non-ortho nitro benzene ring substituents is 1. The van der Waals surface area contributed by atoms with E-state index >= 15 is 0 Å². The number of carbonyl (C=O) groups is 1. The van der Waals surface area contributed by atoms with Gasteiger partial charge in [0, 0.05) is 18.7 Å². The van der Waals surface area contributed by atoms with Gasteiger partial charge in [0.25, 0.3) is 11.6 Å². The number of methoxy groups -OCH3 is 1. The smallest absolute Gasteiger partial charge is 0.269 e. The number of amides is 1. The van der Waals surface area contributed by atoms with E-state index in [2.05, 4.69) is 10.5 Å². The van der Waals surface area contributed by atoms with Gasteiger partial charge in [0.15, 0.2) is 0 Å². The zero-order chi connectivity index (χ0) is 25.4. The molecule has 3 aromatic rings. The summed E-state index contributed by atoms with van der Waals surface area (Å²) in [7, 11) is -2.53. The highest BCUT2D eigenvalue weighted by Crippen LogP contribution is 2.24. The molecule has 0 atom stereocenters. The fourth-order valence-corrected chi connectivity index (χ4v) is 4.70. The van der Waals surface area contributed by atoms with Gasteiger partial charge in [-0.1, -0.05) is 30.3 Å². The monoisotopic (exact) mass is 496 g/mol. The highest BCUT2D eigenvalue weighted by molar-refractivity contribution is 7.89. The first kappa shape index (κ1) is 25.5. The van der Waals surface area contributed by atoms with Gasteiger partial charge in [-0.25, -0.2) is 13.8 Å². The van der Waals surface area contributed by atoms with Gasteiger partial charge < -0.3 is 4.74 Å². The summed E-state index contributed by atoms with van der Waals surface area (Å²) in [4.78, 5) is 22.8. The fraction of sp³-hybridized carbons (Fsp3) is 0.167. The molecule has 3 rings (SSSR count). The number of carbonyl (C=O) groups excluding carboxylic acids is 1. The quantitative estimate of drug-likeness (QED) is 0.260. The topological polar surface area (TPSA) is 131 Å². The largest absolute Gasteiger partial charge is 0.496 e. The third-order valence-electron chi connectivity index (χ3n) is 5.03. The number of hydrogen-bond acceptors (Lipinski definition) is 7. The molecule has 35 heavy (non-hydrogen) atoms. The number of nitrogens with one attached hydrogen (secondary N) is 1. The summed E-state index contributed by atoms with van der Waals surface area (Å²) in [6.07, 6.45) is 1.31. The van der Waals surface area contributed by atoms with Crippen LogP contribution in [0.5, 0.6) is 5.75 Å². The van der Waals surface area contributed by atoms with Gasteiger partial charge in [-0.15, -0.1) is 0 Å². The molecule has 182 valence electrons. The first-order chi connectivity index (χ1) is 16.7. The molecule has 11 heteroatoms. The number of rotatable bonds is 10. The summed E-state index contributed by atoms with van der Waals surface area (Å²) < 4.78 is 33.1. The zero-order valence-corrected chi connectivity index (χ0v) is 19.9. The van der Waals surface area contributed by atoms with Crippen molar-refractivity contribution in [2.24, 2.45) is 5.10 Å². The van der Waals surface area contributed by atoms with E-state index in [1.807, 2.05) is 6.07 Å². The van der Waals surface area contributed by atoms with Gasteiger partial charge in [0.05, 0.1) is 29.7 Å². The summed E-state index contributed by atoms with van der Waals surface area (Å²) in [5, 5.41) is 14.6. The molecule has 10 nitrogen and oxygen atoms in total. The molecule has 0 aliphatic rings. The Morgan fingerprint density at radius 3 is 2.40 bits per heavy atom. The molecule has 0 aromatic heterocycles. The molecule has 1 N–H and O–H groups in total. The molecule has 0 saturated heterocycles. The molecule has 0 spiro atoms. The number of sulfonamides is 1. The lowest BCUT2D eigenvalue weighted by Crippen LogP contribution is -2.39. The van der Waals surface area contributed by atoms with Gasteiger partial charge in [-0.2, -0.15) is 9.41 Å². The molecule has 0 radical (unpaired) electrons. The summed E-state index contributed by atoms with van der Waals surface area (Å²) in [6, 6.07) is 19.0. The minimum absolute atomic E-state index is 0.0201. The minimum Gasteiger partial charge on any atom is -0.496 e. The number of aryl methyl sites for hydroxylation is 1. The Morgan fingerprint density at radius 1 is 1.11 bits per heavy atom. The summed E-state index contributed by atoms with van der Waals surface area (Å²) in [5.74, 6) is -0.0928. The summed E-state index contributed by atoms with van der Waals surface area (Å²) in [5.41, 5.74) is 4.12. The Kier molecular flexibility index (Phi) is 8.29. The van der Waals surface area contributed by atoms with Crippen LogP contribution in [0.3, 0.4) is 0 Å². The predicted octanol–water partition coefficient (Wildman–Crippen LogP) is 3.25.